The molecular formula is C19H30N4O. The van der Waals surface area contributed by atoms with Crippen LogP contribution in [-0.4, -0.2) is 46.3 Å². The van der Waals surface area contributed by atoms with E-state index in [0.29, 0.717) is 11.9 Å². The van der Waals surface area contributed by atoms with E-state index in [4.69, 9.17) is 0 Å². The minimum atomic E-state index is 0.0818. The van der Waals surface area contributed by atoms with Gasteiger partial charge in [-0.25, -0.2) is 0 Å². The molecule has 0 radical (unpaired) electrons. The molecule has 2 aliphatic carbocycles. The summed E-state index contributed by atoms with van der Waals surface area (Å²) in [5.74, 6) is 1.48. The van der Waals surface area contributed by atoms with Crippen molar-refractivity contribution in [3.63, 3.8) is 0 Å². The maximum absolute atomic E-state index is 13.3. The number of rotatable bonds is 5. The smallest absolute Gasteiger partial charge is 0.227 e. The predicted molar refractivity (Wildman–Crippen MR) is 93.6 cm³/mol. The molecule has 2 saturated carbocycles. The van der Waals surface area contributed by atoms with Crippen LogP contribution in [0.2, 0.25) is 0 Å². The Labute approximate surface area is 144 Å². The van der Waals surface area contributed by atoms with E-state index in [-0.39, 0.29) is 11.8 Å². The lowest BCUT2D eigenvalue weighted by Crippen LogP contribution is -2.43. The third-order valence-electron chi connectivity index (χ3n) is 6.13. The molecule has 2 atom stereocenters. The summed E-state index contributed by atoms with van der Waals surface area (Å²) in [6, 6.07) is 0.523. The highest BCUT2D eigenvalue weighted by Gasteiger charge is 2.42. The Morgan fingerprint density at radius 2 is 2.04 bits per heavy atom. The first-order chi connectivity index (χ1) is 11.7. The molecule has 5 heteroatoms. The van der Waals surface area contributed by atoms with E-state index in [1.807, 2.05) is 17.9 Å². The van der Waals surface area contributed by atoms with Crippen LogP contribution in [0.4, 0.5) is 0 Å². The van der Waals surface area contributed by atoms with Gasteiger partial charge in [0.15, 0.2) is 0 Å². The van der Waals surface area contributed by atoms with Gasteiger partial charge in [0.2, 0.25) is 5.91 Å². The zero-order chi connectivity index (χ0) is 16.5. The Morgan fingerprint density at radius 3 is 2.71 bits per heavy atom. The molecule has 1 aromatic heterocycles. The largest absolute Gasteiger partial charge is 0.339 e. The molecule has 3 fully saturated rings. The van der Waals surface area contributed by atoms with Gasteiger partial charge in [-0.05, 0) is 37.2 Å². The second-order valence-corrected chi connectivity index (χ2v) is 8.04. The summed E-state index contributed by atoms with van der Waals surface area (Å²) < 4.78 is 1.84. The van der Waals surface area contributed by atoms with E-state index < -0.39 is 0 Å². The molecule has 24 heavy (non-hydrogen) atoms. The molecular weight excluding hydrogens is 300 g/mol. The van der Waals surface area contributed by atoms with Crippen molar-refractivity contribution in [3.05, 3.63) is 18.0 Å². The van der Waals surface area contributed by atoms with Crippen LogP contribution in [-0.2, 0) is 11.8 Å². The quantitative estimate of drug-likeness (QED) is 0.901. The number of amides is 1. The zero-order valence-electron chi connectivity index (χ0n) is 14.8. The van der Waals surface area contributed by atoms with Crippen molar-refractivity contribution in [2.45, 2.75) is 56.9 Å². The Hall–Kier alpha value is -1.36. The van der Waals surface area contributed by atoms with Crippen LogP contribution in [0, 0.1) is 11.8 Å². The van der Waals surface area contributed by atoms with E-state index >= 15 is 0 Å². The second-order valence-electron chi connectivity index (χ2n) is 8.04. The Kier molecular flexibility index (Phi) is 4.61. The maximum Gasteiger partial charge on any atom is 0.227 e. The molecule has 3 aliphatic rings. The fraction of sp³-hybridized carbons (Fsp3) is 0.789. The number of carbonyl (C=O) groups is 1. The van der Waals surface area contributed by atoms with E-state index in [1.54, 1.807) is 0 Å². The van der Waals surface area contributed by atoms with Crippen LogP contribution in [0.3, 0.4) is 0 Å². The van der Waals surface area contributed by atoms with Crippen molar-refractivity contribution in [2.24, 2.45) is 18.9 Å². The number of nitrogens with zero attached hydrogens (tertiary/aromatic N) is 3. The molecule has 0 unspecified atom stereocenters. The van der Waals surface area contributed by atoms with Gasteiger partial charge in [-0.2, -0.15) is 5.10 Å². The number of aromatic nitrogens is 2. The van der Waals surface area contributed by atoms with E-state index in [9.17, 15) is 4.79 Å². The van der Waals surface area contributed by atoms with Crippen LogP contribution < -0.4 is 5.32 Å². The molecule has 1 amide bonds. The van der Waals surface area contributed by atoms with Crippen LogP contribution in [0.25, 0.3) is 0 Å². The first-order valence-electron chi connectivity index (χ1n) is 9.72. The summed E-state index contributed by atoms with van der Waals surface area (Å²) in [6.45, 7) is 2.70. The summed E-state index contributed by atoms with van der Waals surface area (Å²) in [4.78, 5) is 15.6. The molecule has 4 rings (SSSR count). The summed E-state index contributed by atoms with van der Waals surface area (Å²) >= 11 is 0. The van der Waals surface area contributed by atoms with E-state index in [1.165, 1.54) is 50.5 Å². The normalized spacial score (nSPS) is 28.2. The minimum absolute atomic E-state index is 0.0818. The van der Waals surface area contributed by atoms with Gasteiger partial charge in [-0.15, -0.1) is 0 Å². The molecule has 1 aliphatic heterocycles. The number of hydrogen-bond donors (Lipinski definition) is 1. The Morgan fingerprint density at radius 1 is 1.25 bits per heavy atom. The highest BCUT2D eigenvalue weighted by atomic mass is 16.2. The molecule has 0 spiro atoms. The van der Waals surface area contributed by atoms with E-state index in [2.05, 4.69) is 21.5 Å². The molecule has 2 heterocycles. The number of nitrogens with one attached hydrogen (secondary N) is 1. The van der Waals surface area contributed by atoms with Gasteiger partial charge < -0.3 is 10.2 Å². The predicted octanol–water partition coefficient (Wildman–Crippen LogP) is 2.29. The number of aryl methyl sites for hydroxylation is 1. The topological polar surface area (TPSA) is 50.2 Å². The summed E-state index contributed by atoms with van der Waals surface area (Å²) in [7, 11) is 1.95. The monoisotopic (exact) mass is 330 g/mol. The van der Waals surface area contributed by atoms with Gasteiger partial charge in [0.1, 0.15) is 0 Å². The van der Waals surface area contributed by atoms with Gasteiger partial charge in [-0.1, -0.05) is 19.3 Å². The van der Waals surface area contributed by atoms with Crippen LogP contribution in [0.1, 0.15) is 56.4 Å². The fourth-order valence-corrected chi connectivity index (χ4v) is 4.59. The van der Waals surface area contributed by atoms with Crippen molar-refractivity contribution in [2.75, 3.05) is 19.6 Å². The average molecular weight is 330 g/mol. The molecule has 132 valence electrons. The van der Waals surface area contributed by atoms with Crippen molar-refractivity contribution in [1.29, 1.82) is 0 Å². The van der Waals surface area contributed by atoms with Gasteiger partial charge in [-0.3, -0.25) is 9.48 Å². The lowest BCUT2D eigenvalue weighted by molar-refractivity contribution is -0.136. The minimum Gasteiger partial charge on any atom is -0.339 e. The number of hydrogen-bond acceptors (Lipinski definition) is 3. The molecule has 0 aromatic carbocycles. The highest BCUT2D eigenvalue weighted by Crippen LogP contribution is 2.36. The summed E-state index contributed by atoms with van der Waals surface area (Å²) in [5.41, 5.74) is 1.20. The molecule has 5 nitrogen and oxygen atoms in total. The average Bonchev–Trinajstić information content (AvgIpc) is 3.15. The molecule has 1 saturated heterocycles. The van der Waals surface area contributed by atoms with Gasteiger partial charge >= 0.3 is 0 Å². The highest BCUT2D eigenvalue weighted by molar-refractivity contribution is 5.81. The van der Waals surface area contributed by atoms with Crippen LogP contribution in [0.5, 0.6) is 0 Å². The third kappa shape index (κ3) is 3.37. The van der Waals surface area contributed by atoms with Crippen molar-refractivity contribution in [3.8, 4) is 0 Å². The third-order valence-corrected chi connectivity index (χ3v) is 6.13. The van der Waals surface area contributed by atoms with Gasteiger partial charge in [0, 0.05) is 44.8 Å². The Balaban J connectivity index is 1.47. The second kappa shape index (κ2) is 6.87. The fourth-order valence-electron chi connectivity index (χ4n) is 4.59. The van der Waals surface area contributed by atoms with Crippen molar-refractivity contribution < 1.29 is 4.79 Å². The zero-order valence-corrected chi connectivity index (χ0v) is 14.8. The molecule has 0 bridgehead atoms. The molecule has 1 N–H and O–H groups in total. The standard InChI is InChI=1S/C19H30N4O/c1-22-13-15(9-21-22)17-10-20-11-18(17)19(24)23(16-7-8-16)12-14-5-3-2-4-6-14/h9,13-14,16-18,20H,2-8,10-12H2,1H3/t17-,18+/m1/s1. The van der Waals surface area contributed by atoms with Crippen LogP contribution >= 0.6 is 0 Å². The maximum atomic E-state index is 13.3. The first-order valence-corrected chi connectivity index (χ1v) is 9.72. The lowest BCUT2D eigenvalue weighted by Gasteiger charge is -2.32. The Bertz CT molecular complexity index is 574. The SMILES string of the molecule is Cn1cc([C@H]2CNC[C@@H]2C(=O)N(CC2CCCCC2)C2CC2)cn1. The van der Waals surface area contributed by atoms with Gasteiger partial charge in [0.25, 0.3) is 0 Å². The van der Waals surface area contributed by atoms with E-state index in [0.717, 1.165) is 25.6 Å². The lowest BCUT2D eigenvalue weighted by atomic mass is 9.87. The van der Waals surface area contributed by atoms with Gasteiger partial charge in [0.05, 0.1) is 12.1 Å². The van der Waals surface area contributed by atoms with Crippen LogP contribution in [0.15, 0.2) is 12.4 Å². The first kappa shape index (κ1) is 16.1. The number of carbonyl (C=O) groups excluding carboxylic acids is 1. The van der Waals surface area contributed by atoms with Crippen molar-refractivity contribution >= 4 is 5.91 Å². The summed E-state index contributed by atoms with van der Waals surface area (Å²) in [5, 5.41) is 7.75. The molecule has 1 aromatic rings. The summed E-state index contributed by atoms with van der Waals surface area (Å²) in [6.07, 6.45) is 13.1. The van der Waals surface area contributed by atoms with Crippen molar-refractivity contribution in [1.82, 2.24) is 20.0 Å².